The summed E-state index contributed by atoms with van der Waals surface area (Å²) in [5.74, 6) is -1.27. The molecule has 110 valence electrons. The van der Waals surface area contributed by atoms with Crippen molar-refractivity contribution in [3.63, 3.8) is 0 Å². The Bertz CT molecular complexity index is 677. The molecule has 0 amide bonds. The summed E-state index contributed by atoms with van der Waals surface area (Å²) in [6.45, 7) is 1.47. The van der Waals surface area contributed by atoms with Gasteiger partial charge in [0.15, 0.2) is 0 Å². The summed E-state index contributed by atoms with van der Waals surface area (Å²) in [5.41, 5.74) is 1.40. The van der Waals surface area contributed by atoms with Crippen LogP contribution in [0.15, 0.2) is 30.5 Å². The van der Waals surface area contributed by atoms with Crippen LogP contribution >= 0.6 is 0 Å². The molecule has 0 spiro atoms. The number of rotatable bonds is 3. The van der Waals surface area contributed by atoms with Crippen molar-refractivity contribution in [1.29, 1.82) is 0 Å². The zero-order valence-electron chi connectivity index (χ0n) is 11.3. The van der Waals surface area contributed by atoms with Gasteiger partial charge < -0.3 is 9.84 Å². The highest BCUT2D eigenvalue weighted by Gasteiger charge is 2.29. The molecular formula is C15H15FN2O3. The van der Waals surface area contributed by atoms with Crippen LogP contribution in [0.25, 0.3) is 10.9 Å². The molecule has 21 heavy (non-hydrogen) atoms. The summed E-state index contributed by atoms with van der Waals surface area (Å²) in [7, 11) is 0. The van der Waals surface area contributed by atoms with Crippen molar-refractivity contribution in [2.45, 2.75) is 12.6 Å². The van der Waals surface area contributed by atoms with Crippen LogP contribution in [-0.2, 0) is 16.1 Å². The van der Waals surface area contributed by atoms with E-state index in [1.165, 1.54) is 12.1 Å². The molecule has 6 heteroatoms. The minimum absolute atomic E-state index is 0.149. The number of hydrogen-bond acceptors (Lipinski definition) is 4. The summed E-state index contributed by atoms with van der Waals surface area (Å²) in [4.78, 5) is 17.3. The van der Waals surface area contributed by atoms with E-state index in [2.05, 4.69) is 4.98 Å². The Kier molecular flexibility index (Phi) is 3.81. The summed E-state index contributed by atoms with van der Waals surface area (Å²) in [6, 6.07) is 5.69. The lowest BCUT2D eigenvalue weighted by molar-refractivity contribution is -0.150. The highest BCUT2D eigenvalue weighted by Crippen LogP contribution is 2.21. The standard InChI is InChI=1S/C15H15FN2O3/c16-12-6-10-2-1-3-17-14(10)11(7-12)8-18-4-5-21-9-13(18)15(19)20/h1-3,6-7,13H,4-5,8-9H2,(H,19,20). The van der Waals surface area contributed by atoms with Gasteiger partial charge in [-0.25, -0.2) is 4.39 Å². The zero-order valence-corrected chi connectivity index (χ0v) is 11.3. The van der Waals surface area contributed by atoms with Gasteiger partial charge >= 0.3 is 5.97 Å². The van der Waals surface area contributed by atoms with Crippen LogP contribution in [0.1, 0.15) is 5.56 Å². The zero-order chi connectivity index (χ0) is 14.8. The number of carboxylic acid groups (broad SMARTS) is 1. The first-order valence-electron chi connectivity index (χ1n) is 6.73. The van der Waals surface area contributed by atoms with Gasteiger partial charge in [0.2, 0.25) is 0 Å². The Morgan fingerprint density at radius 1 is 1.52 bits per heavy atom. The lowest BCUT2D eigenvalue weighted by Gasteiger charge is -2.32. The number of carboxylic acids is 1. The van der Waals surface area contributed by atoms with Gasteiger partial charge in [-0.1, -0.05) is 6.07 Å². The molecule has 1 fully saturated rings. The lowest BCUT2D eigenvalue weighted by Crippen LogP contribution is -2.49. The van der Waals surface area contributed by atoms with Crippen molar-refractivity contribution in [2.24, 2.45) is 0 Å². The average molecular weight is 290 g/mol. The predicted octanol–water partition coefficient (Wildman–Crippen LogP) is 1.66. The van der Waals surface area contributed by atoms with Crippen molar-refractivity contribution < 1.29 is 19.0 Å². The summed E-state index contributed by atoms with van der Waals surface area (Å²) in [5, 5.41) is 9.96. The van der Waals surface area contributed by atoms with Crippen LogP contribution in [0.5, 0.6) is 0 Å². The second-order valence-corrected chi connectivity index (χ2v) is 5.04. The number of morpholine rings is 1. The molecule has 1 aromatic carbocycles. The maximum atomic E-state index is 13.7. The molecule has 0 aliphatic carbocycles. The van der Waals surface area contributed by atoms with Gasteiger partial charge in [0, 0.05) is 24.7 Å². The Balaban J connectivity index is 1.95. The topological polar surface area (TPSA) is 62.7 Å². The molecule has 0 saturated carbocycles. The normalized spacial score (nSPS) is 19.8. The molecule has 1 unspecified atom stereocenters. The lowest BCUT2D eigenvalue weighted by atomic mass is 10.1. The number of carbonyl (C=O) groups is 1. The van der Waals surface area contributed by atoms with E-state index in [4.69, 9.17) is 4.74 Å². The van der Waals surface area contributed by atoms with E-state index in [1.807, 2.05) is 0 Å². The average Bonchev–Trinajstić information content (AvgIpc) is 2.47. The number of benzene rings is 1. The fourth-order valence-electron chi connectivity index (χ4n) is 2.62. The van der Waals surface area contributed by atoms with Crippen molar-refractivity contribution in [3.05, 3.63) is 41.8 Å². The van der Waals surface area contributed by atoms with Crippen LogP contribution in [0.3, 0.4) is 0 Å². The minimum Gasteiger partial charge on any atom is -0.480 e. The van der Waals surface area contributed by atoms with E-state index in [0.29, 0.717) is 36.2 Å². The number of fused-ring (bicyclic) bond motifs is 1. The Labute approximate surface area is 121 Å². The van der Waals surface area contributed by atoms with Gasteiger partial charge in [-0.05, 0) is 23.8 Å². The summed E-state index contributed by atoms with van der Waals surface area (Å²) >= 11 is 0. The van der Waals surface area contributed by atoms with Crippen LogP contribution in [0.2, 0.25) is 0 Å². The molecule has 0 radical (unpaired) electrons. The van der Waals surface area contributed by atoms with E-state index in [-0.39, 0.29) is 12.4 Å². The summed E-state index contributed by atoms with van der Waals surface area (Å²) < 4.78 is 18.9. The number of nitrogens with zero attached hydrogens (tertiary/aromatic N) is 2. The molecule has 1 aromatic heterocycles. The molecule has 1 aliphatic heterocycles. The molecule has 2 aromatic rings. The second-order valence-electron chi connectivity index (χ2n) is 5.04. The molecular weight excluding hydrogens is 275 g/mol. The van der Waals surface area contributed by atoms with Crippen molar-refractivity contribution >= 4 is 16.9 Å². The fraction of sp³-hybridized carbons (Fsp3) is 0.333. The number of halogens is 1. The smallest absolute Gasteiger partial charge is 0.323 e. The molecule has 0 bridgehead atoms. The fourth-order valence-corrected chi connectivity index (χ4v) is 2.62. The first-order valence-corrected chi connectivity index (χ1v) is 6.73. The first kappa shape index (κ1) is 13.9. The van der Waals surface area contributed by atoms with Gasteiger partial charge in [0.05, 0.1) is 18.7 Å². The number of ether oxygens (including phenoxy) is 1. The van der Waals surface area contributed by atoms with E-state index in [9.17, 15) is 14.3 Å². The number of hydrogen-bond donors (Lipinski definition) is 1. The highest BCUT2D eigenvalue weighted by molar-refractivity contribution is 5.81. The predicted molar refractivity (Wildman–Crippen MR) is 74.4 cm³/mol. The third-order valence-electron chi connectivity index (χ3n) is 3.65. The molecule has 2 heterocycles. The third-order valence-corrected chi connectivity index (χ3v) is 3.65. The monoisotopic (exact) mass is 290 g/mol. The number of pyridine rings is 1. The van der Waals surface area contributed by atoms with E-state index in [0.717, 1.165) is 0 Å². The molecule has 1 saturated heterocycles. The molecule has 3 rings (SSSR count). The van der Waals surface area contributed by atoms with Crippen molar-refractivity contribution in [2.75, 3.05) is 19.8 Å². The Hall–Kier alpha value is -2.05. The van der Waals surface area contributed by atoms with Crippen molar-refractivity contribution in [3.8, 4) is 0 Å². The molecule has 1 aliphatic rings. The number of aromatic nitrogens is 1. The van der Waals surface area contributed by atoms with Crippen LogP contribution in [0, 0.1) is 5.82 Å². The Morgan fingerprint density at radius 2 is 2.38 bits per heavy atom. The van der Waals surface area contributed by atoms with E-state index in [1.54, 1.807) is 23.2 Å². The van der Waals surface area contributed by atoms with Gasteiger partial charge in [-0.3, -0.25) is 14.7 Å². The minimum atomic E-state index is -0.927. The SMILES string of the molecule is O=C(O)C1COCCN1Cc1cc(F)cc2cccnc12. The van der Waals surface area contributed by atoms with Crippen LogP contribution < -0.4 is 0 Å². The van der Waals surface area contributed by atoms with Crippen LogP contribution in [-0.4, -0.2) is 46.8 Å². The highest BCUT2D eigenvalue weighted by atomic mass is 19.1. The largest absolute Gasteiger partial charge is 0.480 e. The number of aliphatic carboxylic acids is 1. The third kappa shape index (κ3) is 2.86. The van der Waals surface area contributed by atoms with Gasteiger partial charge in [0.25, 0.3) is 0 Å². The quantitative estimate of drug-likeness (QED) is 0.931. The maximum absolute atomic E-state index is 13.7. The van der Waals surface area contributed by atoms with Crippen LogP contribution in [0.4, 0.5) is 4.39 Å². The van der Waals surface area contributed by atoms with Gasteiger partial charge in [0.1, 0.15) is 11.9 Å². The first-order chi connectivity index (χ1) is 10.1. The Morgan fingerprint density at radius 3 is 3.19 bits per heavy atom. The molecule has 1 atom stereocenters. The van der Waals surface area contributed by atoms with Crippen molar-refractivity contribution in [1.82, 2.24) is 9.88 Å². The molecule has 5 nitrogen and oxygen atoms in total. The second kappa shape index (κ2) is 5.75. The van der Waals surface area contributed by atoms with E-state index >= 15 is 0 Å². The molecule has 1 N–H and O–H groups in total. The van der Waals surface area contributed by atoms with E-state index < -0.39 is 12.0 Å². The maximum Gasteiger partial charge on any atom is 0.323 e. The van der Waals surface area contributed by atoms with Gasteiger partial charge in [-0.2, -0.15) is 0 Å². The summed E-state index contributed by atoms with van der Waals surface area (Å²) in [6.07, 6.45) is 1.65. The van der Waals surface area contributed by atoms with Gasteiger partial charge in [-0.15, -0.1) is 0 Å².